The van der Waals surface area contributed by atoms with E-state index in [2.05, 4.69) is 25.5 Å². The van der Waals surface area contributed by atoms with Gasteiger partial charge in [-0.3, -0.25) is 4.79 Å². The van der Waals surface area contributed by atoms with Crippen LogP contribution in [-0.2, 0) is 6.61 Å². The van der Waals surface area contributed by atoms with Gasteiger partial charge in [-0.2, -0.15) is 0 Å². The van der Waals surface area contributed by atoms with Crippen LogP contribution in [0.2, 0.25) is 0 Å². The first-order valence-electron chi connectivity index (χ1n) is 10.9. The molecule has 2 saturated heterocycles. The molecule has 0 spiro atoms. The van der Waals surface area contributed by atoms with Crippen LogP contribution in [-0.4, -0.2) is 53.3 Å². The van der Waals surface area contributed by atoms with Crippen LogP contribution in [0.15, 0.2) is 42.6 Å². The minimum atomic E-state index is -0.622. The van der Waals surface area contributed by atoms with Crippen molar-refractivity contribution in [3.8, 4) is 17.1 Å². The molecular formula is C24H23F2N5O3. The van der Waals surface area contributed by atoms with Crippen molar-refractivity contribution in [1.82, 2.24) is 15.3 Å². The summed E-state index contributed by atoms with van der Waals surface area (Å²) in [6.07, 6.45) is 2.31. The fourth-order valence-electron chi connectivity index (χ4n) is 4.60. The number of nitrogens with one attached hydrogen (secondary N) is 2. The zero-order valence-corrected chi connectivity index (χ0v) is 18.4. The molecule has 3 aromatic rings. The molecule has 0 saturated carbocycles. The normalized spacial score (nSPS) is 18.9. The number of carbonyl (C=O) groups excluding carboxylic acids is 1. The van der Waals surface area contributed by atoms with Gasteiger partial charge < -0.3 is 25.4 Å². The van der Waals surface area contributed by atoms with Crippen LogP contribution >= 0.6 is 0 Å². The summed E-state index contributed by atoms with van der Waals surface area (Å²) >= 11 is 0. The largest absolute Gasteiger partial charge is 0.496 e. The number of aliphatic hydroxyl groups is 1. The van der Waals surface area contributed by atoms with Gasteiger partial charge in [0.1, 0.15) is 23.1 Å². The molecule has 176 valence electrons. The zero-order valence-electron chi connectivity index (χ0n) is 18.4. The summed E-state index contributed by atoms with van der Waals surface area (Å²) in [5.74, 6) is -1.58. The van der Waals surface area contributed by atoms with Crippen molar-refractivity contribution in [3.05, 3.63) is 65.5 Å². The number of ether oxygens (including phenoxy) is 1. The van der Waals surface area contributed by atoms with Crippen molar-refractivity contribution in [3.63, 3.8) is 0 Å². The van der Waals surface area contributed by atoms with E-state index in [9.17, 15) is 18.7 Å². The minimum absolute atomic E-state index is 0.00689. The summed E-state index contributed by atoms with van der Waals surface area (Å²) in [5.41, 5.74) is 1.09. The second-order valence-corrected chi connectivity index (χ2v) is 8.30. The van der Waals surface area contributed by atoms with E-state index in [0.717, 1.165) is 19.5 Å². The molecule has 2 aromatic carbocycles. The molecule has 2 atom stereocenters. The van der Waals surface area contributed by atoms with E-state index < -0.39 is 24.1 Å². The van der Waals surface area contributed by atoms with Crippen molar-refractivity contribution < 1.29 is 23.4 Å². The van der Waals surface area contributed by atoms with Crippen molar-refractivity contribution in [1.29, 1.82) is 0 Å². The minimum Gasteiger partial charge on any atom is -0.496 e. The SMILES string of the molecule is COc1cccc(F)c1-c1nccc(C(=O)Nc2cc(F)c(CO)cc2N2C[C@@H]3C[C@H]2CN3)n1. The average molecular weight is 467 g/mol. The second kappa shape index (κ2) is 8.96. The van der Waals surface area contributed by atoms with Gasteiger partial charge >= 0.3 is 0 Å². The number of benzene rings is 2. The lowest BCUT2D eigenvalue weighted by Gasteiger charge is -2.31. The van der Waals surface area contributed by atoms with Crippen LogP contribution in [0.4, 0.5) is 20.2 Å². The van der Waals surface area contributed by atoms with E-state index >= 15 is 0 Å². The summed E-state index contributed by atoms with van der Waals surface area (Å²) < 4.78 is 34.2. The molecule has 10 heteroatoms. The first-order chi connectivity index (χ1) is 16.5. The van der Waals surface area contributed by atoms with Crippen molar-refractivity contribution in [2.45, 2.75) is 25.1 Å². The lowest BCUT2D eigenvalue weighted by Crippen LogP contribution is -2.44. The Morgan fingerprint density at radius 1 is 1.29 bits per heavy atom. The summed E-state index contributed by atoms with van der Waals surface area (Å²) in [4.78, 5) is 23.5. The Morgan fingerprint density at radius 3 is 2.85 bits per heavy atom. The highest BCUT2D eigenvalue weighted by Gasteiger charge is 2.38. The van der Waals surface area contributed by atoms with E-state index in [1.165, 1.54) is 37.6 Å². The number of aliphatic hydroxyl groups excluding tert-OH is 1. The van der Waals surface area contributed by atoms with Gasteiger partial charge in [-0.15, -0.1) is 0 Å². The summed E-state index contributed by atoms with van der Waals surface area (Å²) in [6, 6.07) is 9.05. The van der Waals surface area contributed by atoms with E-state index in [1.54, 1.807) is 12.1 Å². The maximum Gasteiger partial charge on any atom is 0.274 e. The highest BCUT2D eigenvalue weighted by Crippen LogP contribution is 2.37. The van der Waals surface area contributed by atoms with E-state index in [1.807, 2.05) is 0 Å². The molecule has 8 nitrogen and oxygen atoms in total. The Kier molecular flexibility index (Phi) is 5.84. The zero-order chi connectivity index (χ0) is 23.8. The predicted molar refractivity (Wildman–Crippen MR) is 122 cm³/mol. The van der Waals surface area contributed by atoms with Gasteiger partial charge in [-0.05, 0) is 36.8 Å². The third-order valence-corrected chi connectivity index (χ3v) is 6.26. The lowest BCUT2D eigenvalue weighted by molar-refractivity contribution is 0.102. The van der Waals surface area contributed by atoms with Crippen molar-refractivity contribution in [2.75, 3.05) is 30.4 Å². The molecular weight excluding hydrogens is 444 g/mol. The van der Waals surface area contributed by atoms with Gasteiger partial charge in [-0.1, -0.05) is 6.07 Å². The van der Waals surface area contributed by atoms with Crippen molar-refractivity contribution >= 4 is 17.3 Å². The fourth-order valence-corrected chi connectivity index (χ4v) is 4.60. The molecule has 2 fully saturated rings. The number of rotatable bonds is 6. The molecule has 34 heavy (non-hydrogen) atoms. The number of piperazine rings is 1. The molecule has 3 N–H and O–H groups in total. The van der Waals surface area contributed by atoms with Crippen molar-refractivity contribution in [2.24, 2.45) is 0 Å². The van der Waals surface area contributed by atoms with Crippen LogP contribution in [0.3, 0.4) is 0 Å². The number of hydrogen-bond donors (Lipinski definition) is 3. The van der Waals surface area contributed by atoms with Crippen LogP contribution in [0.1, 0.15) is 22.5 Å². The van der Waals surface area contributed by atoms with Crippen LogP contribution in [0.25, 0.3) is 11.4 Å². The highest BCUT2D eigenvalue weighted by atomic mass is 19.1. The van der Waals surface area contributed by atoms with E-state index in [4.69, 9.17) is 4.74 Å². The number of amides is 1. The molecule has 3 heterocycles. The number of hydrogen-bond acceptors (Lipinski definition) is 7. The van der Waals surface area contributed by atoms with Gasteiger partial charge in [0.15, 0.2) is 5.82 Å². The number of methoxy groups -OCH3 is 1. The standard InChI is InChI=1S/C24H23F2N5O3/c1-34-21-4-2-3-16(25)22(21)23-27-6-5-18(29-23)24(33)30-19-9-17(26)13(12-32)7-20(19)31-11-14-8-15(31)10-28-14/h2-7,9,14-15,28,32H,8,10-12H2,1H3,(H,30,33)/t14-,15-/m0/s1. The number of anilines is 2. The molecule has 0 unspecified atom stereocenters. The monoisotopic (exact) mass is 467 g/mol. The third-order valence-electron chi connectivity index (χ3n) is 6.26. The van der Waals surface area contributed by atoms with Gasteiger partial charge in [0.05, 0.1) is 30.7 Å². The number of fused-ring (bicyclic) bond motifs is 2. The molecule has 0 aliphatic carbocycles. The molecule has 1 aromatic heterocycles. The molecule has 1 amide bonds. The first-order valence-corrected chi connectivity index (χ1v) is 10.9. The van der Waals surface area contributed by atoms with Gasteiger partial charge in [0.2, 0.25) is 0 Å². The Balaban J connectivity index is 1.48. The second-order valence-electron chi connectivity index (χ2n) is 8.30. The Labute approximate surface area is 194 Å². The topological polar surface area (TPSA) is 99.6 Å². The number of nitrogens with zero attached hydrogens (tertiary/aromatic N) is 3. The van der Waals surface area contributed by atoms with Gasteiger partial charge in [0.25, 0.3) is 5.91 Å². The maximum absolute atomic E-state index is 14.5. The average Bonchev–Trinajstić information content (AvgIpc) is 3.48. The number of halogens is 2. The predicted octanol–water partition coefficient (Wildman–Crippen LogP) is 2.73. The fraction of sp³-hybridized carbons (Fsp3) is 0.292. The van der Waals surface area contributed by atoms with E-state index in [0.29, 0.717) is 11.7 Å². The van der Waals surface area contributed by atoms with Gasteiger partial charge in [0, 0.05) is 36.9 Å². The molecule has 0 radical (unpaired) electrons. The number of carbonyl (C=O) groups is 1. The first kappa shape index (κ1) is 22.2. The summed E-state index contributed by atoms with van der Waals surface area (Å²) in [5, 5.41) is 15.7. The molecule has 2 aliphatic heterocycles. The smallest absolute Gasteiger partial charge is 0.274 e. The Bertz CT molecular complexity index is 1260. The van der Waals surface area contributed by atoms with Crippen LogP contribution in [0.5, 0.6) is 5.75 Å². The summed E-state index contributed by atoms with van der Waals surface area (Å²) in [6.45, 7) is 1.06. The third kappa shape index (κ3) is 3.95. The van der Waals surface area contributed by atoms with Crippen LogP contribution in [0, 0.1) is 11.6 Å². The highest BCUT2D eigenvalue weighted by molar-refractivity contribution is 6.05. The summed E-state index contributed by atoms with van der Waals surface area (Å²) in [7, 11) is 1.40. The van der Waals surface area contributed by atoms with Gasteiger partial charge in [-0.25, -0.2) is 18.7 Å². The van der Waals surface area contributed by atoms with Crippen LogP contribution < -0.4 is 20.3 Å². The molecule has 2 aliphatic rings. The molecule has 2 bridgehead atoms. The molecule has 5 rings (SSSR count). The lowest BCUT2D eigenvalue weighted by atomic mass is 10.1. The Hall–Kier alpha value is -3.63. The number of aromatic nitrogens is 2. The maximum atomic E-state index is 14.5. The quantitative estimate of drug-likeness (QED) is 0.513. The van der Waals surface area contributed by atoms with E-state index in [-0.39, 0.29) is 40.1 Å². The Morgan fingerprint density at radius 2 is 2.15 bits per heavy atom.